The SMILES string of the molecule is COc1c(O)ccc2c1OCCO2. The molecule has 0 radical (unpaired) electrons. The van der Waals surface area contributed by atoms with Gasteiger partial charge in [-0.3, -0.25) is 0 Å². The minimum absolute atomic E-state index is 0.0618. The zero-order valence-electron chi connectivity index (χ0n) is 7.24. The number of rotatable bonds is 1. The first-order valence-electron chi connectivity index (χ1n) is 3.98. The van der Waals surface area contributed by atoms with Crippen LogP contribution >= 0.6 is 0 Å². The van der Waals surface area contributed by atoms with Crippen LogP contribution in [0.15, 0.2) is 12.1 Å². The molecule has 1 N–H and O–H groups in total. The lowest BCUT2D eigenvalue weighted by Gasteiger charge is -2.20. The lowest BCUT2D eigenvalue weighted by atomic mass is 10.2. The Balaban J connectivity index is 2.52. The van der Waals surface area contributed by atoms with Crippen molar-refractivity contribution in [1.82, 2.24) is 0 Å². The fraction of sp³-hybridized carbons (Fsp3) is 0.333. The van der Waals surface area contributed by atoms with Crippen LogP contribution in [0.1, 0.15) is 0 Å². The average Bonchev–Trinajstić information content (AvgIpc) is 2.18. The molecule has 0 atom stereocenters. The van der Waals surface area contributed by atoms with Gasteiger partial charge in [0.05, 0.1) is 7.11 Å². The highest BCUT2D eigenvalue weighted by molar-refractivity contribution is 5.58. The monoisotopic (exact) mass is 182 g/mol. The molecule has 0 spiro atoms. The van der Waals surface area contributed by atoms with Gasteiger partial charge in [0.1, 0.15) is 13.2 Å². The first-order valence-corrected chi connectivity index (χ1v) is 3.98. The summed E-state index contributed by atoms with van der Waals surface area (Å²) in [5.74, 6) is 1.48. The Kier molecular flexibility index (Phi) is 1.88. The predicted octanol–water partition coefficient (Wildman–Crippen LogP) is 1.17. The van der Waals surface area contributed by atoms with Crippen molar-refractivity contribution in [2.45, 2.75) is 0 Å². The second-order valence-electron chi connectivity index (χ2n) is 2.64. The summed E-state index contributed by atoms with van der Waals surface area (Å²) in [7, 11) is 1.48. The summed E-state index contributed by atoms with van der Waals surface area (Å²) in [5.41, 5.74) is 0. The van der Waals surface area contributed by atoms with Gasteiger partial charge in [-0.1, -0.05) is 0 Å². The molecule has 0 aromatic heterocycles. The normalized spacial score (nSPS) is 13.9. The van der Waals surface area contributed by atoms with E-state index in [4.69, 9.17) is 14.2 Å². The van der Waals surface area contributed by atoms with Crippen LogP contribution in [-0.4, -0.2) is 25.4 Å². The van der Waals surface area contributed by atoms with Crippen LogP contribution in [0.2, 0.25) is 0 Å². The number of aromatic hydroxyl groups is 1. The fourth-order valence-corrected chi connectivity index (χ4v) is 1.28. The van der Waals surface area contributed by atoms with Crippen LogP contribution in [0, 0.1) is 0 Å². The largest absolute Gasteiger partial charge is 0.504 e. The number of phenols is 1. The highest BCUT2D eigenvalue weighted by atomic mass is 16.6. The molecule has 1 aromatic rings. The molecule has 0 saturated heterocycles. The topological polar surface area (TPSA) is 47.9 Å². The van der Waals surface area contributed by atoms with E-state index in [9.17, 15) is 5.11 Å². The quantitative estimate of drug-likeness (QED) is 0.708. The van der Waals surface area contributed by atoms with Crippen LogP contribution in [0.4, 0.5) is 0 Å². The van der Waals surface area contributed by atoms with Gasteiger partial charge in [0.15, 0.2) is 11.5 Å². The predicted molar refractivity (Wildman–Crippen MR) is 45.6 cm³/mol. The van der Waals surface area contributed by atoms with Gasteiger partial charge in [0.2, 0.25) is 11.5 Å². The molecule has 0 saturated carbocycles. The number of hydrogen-bond acceptors (Lipinski definition) is 4. The Morgan fingerprint density at radius 3 is 2.85 bits per heavy atom. The summed E-state index contributed by atoms with van der Waals surface area (Å²) in [4.78, 5) is 0. The van der Waals surface area contributed by atoms with Gasteiger partial charge < -0.3 is 19.3 Å². The molecule has 70 valence electrons. The third-order valence-corrected chi connectivity index (χ3v) is 1.85. The molecular weight excluding hydrogens is 172 g/mol. The van der Waals surface area contributed by atoms with E-state index in [0.717, 1.165) is 0 Å². The van der Waals surface area contributed by atoms with Gasteiger partial charge in [-0.2, -0.15) is 0 Å². The average molecular weight is 182 g/mol. The summed E-state index contributed by atoms with van der Waals surface area (Å²) >= 11 is 0. The first-order chi connectivity index (χ1) is 6.33. The van der Waals surface area contributed by atoms with Crippen molar-refractivity contribution in [2.24, 2.45) is 0 Å². The van der Waals surface area contributed by atoms with Gasteiger partial charge >= 0.3 is 0 Å². The molecule has 0 bridgehead atoms. The van der Waals surface area contributed by atoms with Crippen LogP contribution in [-0.2, 0) is 0 Å². The van der Waals surface area contributed by atoms with E-state index in [2.05, 4.69) is 0 Å². The number of ether oxygens (including phenoxy) is 3. The Bertz CT molecular complexity index is 322. The summed E-state index contributed by atoms with van der Waals surface area (Å²) in [6.45, 7) is 1.01. The van der Waals surface area contributed by atoms with Gasteiger partial charge in [0.25, 0.3) is 0 Å². The molecule has 13 heavy (non-hydrogen) atoms. The second kappa shape index (κ2) is 3.05. The maximum absolute atomic E-state index is 9.41. The van der Waals surface area contributed by atoms with Crippen molar-refractivity contribution in [2.75, 3.05) is 20.3 Å². The van der Waals surface area contributed by atoms with Crippen molar-refractivity contribution < 1.29 is 19.3 Å². The Morgan fingerprint density at radius 1 is 1.31 bits per heavy atom. The van der Waals surface area contributed by atoms with E-state index in [0.29, 0.717) is 30.5 Å². The van der Waals surface area contributed by atoms with E-state index in [-0.39, 0.29) is 5.75 Å². The Hall–Kier alpha value is -1.58. The fourth-order valence-electron chi connectivity index (χ4n) is 1.28. The van der Waals surface area contributed by atoms with Crippen molar-refractivity contribution in [3.63, 3.8) is 0 Å². The molecule has 1 aromatic carbocycles. The van der Waals surface area contributed by atoms with E-state index >= 15 is 0 Å². The third-order valence-electron chi connectivity index (χ3n) is 1.85. The molecule has 0 unspecified atom stereocenters. The lowest BCUT2D eigenvalue weighted by molar-refractivity contribution is 0.163. The zero-order chi connectivity index (χ0) is 9.26. The van der Waals surface area contributed by atoms with E-state index < -0.39 is 0 Å². The van der Waals surface area contributed by atoms with Crippen LogP contribution < -0.4 is 14.2 Å². The van der Waals surface area contributed by atoms with Crippen molar-refractivity contribution >= 4 is 0 Å². The number of methoxy groups -OCH3 is 1. The van der Waals surface area contributed by atoms with E-state index in [1.807, 2.05) is 0 Å². The van der Waals surface area contributed by atoms with Crippen molar-refractivity contribution in [1.29, 1.82) is 0 Å². The summed E-state index contributed by atoms with van der Waals surface area (Å²) in [6.07, 6.45) is 0. The van der Waals surface area contributed by atoms with Gasteiger partial charge in [-0.25, -0.2) is 0 Å². The van der Waals surface area contributed by atoms with Gasteiger partial charge in [0, 0.05) is 0 Å². The summed E-state index contributed by atoms with van der Waals surface area (Å²) < 4.78 is 15.6. The van der Waals surface area contributed by atoms with Crippen LogP contribution in [0.25, 0.3) is 0 Å². The smallest absolute Gasteiger partial charge is 0.207 e. The number of phenolic OH excluding ortho intramolecular Hbond substituents is 1. The molecule has 1 aliphatic rings. The maximum atomic E-state index is 9.41. The number of fused-ring (bicyclic) bond motifs is 1. The summed E-state index contributed by atoms with van der Waals surface area (Å²) in [6, 6.07) is 3.18. The Labute approximate surface area is 75.7 Å². The molecule has 1 aliphatic heterocycles. The molecule has 0 aliphatic carbocycles. The van der Waals surface area contributed by atoms with Crippen molar-refractivity contribution in [3.8, 4) is 23.0 Å². The first kappa shape index (κ1) is 8.04. The van der Waals surface area contributed by atoms with E-state index in [1.165, 1.54) is 13.2 Å². The molecule has 4 nitrogen and oxygen atoms in total. The minimum atomic E-state index is 0.0618. The molecule has 4 heteroatoms. The van der Waals surface area contributed by atoms with Crippen LogP contribution in [0.5, 0.6) is 23.0 Å². The number of benzene rings is 1. The highest BCUT2D eigenvalue weighted by Crippen LogP contribution is 2.44. The summed E-state index contributed by atoms with van der Waals surface area (Å²) in [5, 5.41) is 9.41. The molecule has 0 fully saturated rings. The molecule has 1 heterocycles. The standard InChI is InChI=1S/C9H10O4/c1-11-8-6(10)2-3-7-9(8)13-5-4-12-7/h2-3,10H,4-5H2,1H3. The third kappa shape index (κ3) is 1.24. The maximum Gasteiger partial charge on any atom is 0.207 e. The van der Waals surface area contributed by atoms with Gasteiger partial charge in [-0.15, -0.1) is 0 Å². The van der Waals surface area contributed by atoms with Crippen LogP contribution in [0.3, 0.4) is 0 Å². The highest BCUT2D eigenvalue weighted by Gasteiger charge is 2.19. The lowest BCUT2D eigenvalue weighted by Crippen LogP contribution is -2.15. The van der Waals surface area contributed by atoms with E-state index in [1.54, 1.807) is 6.07 Å². The van der Waals surface area contributed by atoms with Gasteiger partial charge in [-0.05, 0) is 12.1 Å². The molecule has 0 amide bonds. The second-order valence-corrected chi connectivity index (χ2v) is 2.64. The zero-order valence-corrected chi connectivity index (χ0v) is 7.24. The molecule has 2 rings (SSSR count). The number of hydrogen-bond donors (Lipinski definition) is 1. The van der Waals surface area contributed by atoms with Crippen molar-refractivity contribution in [3.05, 3.63) is 12.1 Å². The minimum Gasteiger partial charge on any atom is -0.504 e. The Morgan fingerprint density at radius 2 is 2.08 bits per heavy atom. The molecular formula is C9H10O4.